The Balaban J connectivity index is 0. The zero-order valence-electron chi connectivity index (χ0n) is 18.4. The van der Waals surface area contributed by atoms with Gasteiger partial charge in [-0.1, -0.05) is 104 Å². The van der Waals surface area contributed by atoms with Crippen LogP contribution in [-0.4, -0.2) is 24.2 Å². The van der Waals surface area contributed by atoms with Crippen molar-refractivity contribution in [2.45, 2.75) is 129 Å². The molecule has 0 radical (unpaired) electrons. The molecule has 0 aliphatic heterocycles. The van der Waals surface area contributed by atoms with Gasteiger partial charge in [0, 0.05) is 12.8 Å². The Labute approximate surface area is 168 Å². The predicted octanol–water partition coefficient (Wildman–Crippen LogP) is 7.29. The van der Waals surface area contributed by atoms with Crippen LogP contribution < -0.4 is 0 Å². The molecular formula is C23H46O4. The van der Waals surface area contributed by atoms with Gasteiger partial charge in [-0.3, -0.25) is 9.59 Å². The van der Waals surface area contributed by atoms with Crippen molar-refractivity contribution in [3.05, 3.63) is 0 Å². The highest BCUT2D eigenvalue weighted by atomic mass is 16.5. The van der Waals surface area contributed by atoms with Crippen molar-refractivity contribution in [1.29, 1.82) is 0 Å². The molecule has 0 spiro atoms. The molecule has 0 unspecified atom stereocenters. The van der Waals surface area contributed by atoms with Crippen LogP contribution in [0.2, 0.25) is 0 Å². The molecule has 0 bridgehead atoms. The van der Waals surface area contributed by atoms with Crippen LogP contribution in [0.3, 0.4) is 0 Å². The minimum absolute atomic E-state index is 0.0732. The maximum atomic E-state index is 10.8. The molecule has 162 valence electrons. The molecule has 0 aliphatic carbocycles. The van der Waals surface area contributed by atoms with Gasteiger partial charge in [-0.05, 0) is 12.8 Å². The number of esters is 1. The van der Waals surface area contributed by atoms with Gasteiger partial charge in [0.2, 0.25) is 0 Å². The van der Waals surface area contributed by atoms with E-state index in [-0.39, 0.29) is 5.97 Å². The lowest BCUT2D eigenvalue weighted by molar-refractivity contribution is -0.141. The smallest absolute Gasteiger partial charge is 0.305 e. The number of carboxylic acid groups (broad SMARTS) is 1. The summed E-state index contributed by atoms with van der Waals surface area (Å²) in [5, 5.41) is 8.39. The van der Waals surface area contributed by atoms with Gasteiger partial charge in [-0.2, -0.15) is 0 Å². The van der Waals surface area contributed by atoms with Crippen LogP contribution in [0.15, 0.2) is 0 Å². The highest BCUT2D eigenvalue weighted by molar-refractivity contribution is 5.69. The summed E-state index contributed by atoms with van der Waals surface area (Å²) < 4.78 is 4.57. The van der Waals surface area contributed by atoms with E-state index in [0.717, 1.165) is 19.3 Å². The van der Waals surface area contributed by atoms with E-state index >= 15 is 0 Å². The second kappa shape index (κ2) is 24.9. The van der Waals surface area contributed by atoms with Crippen LogP contribution in [-0.2, 0) is 14.3 Å². The van der Waals surface area contributed by atoms with E-state index in [9.17, 15) is 9.59 Å². The normalized spacial score (nSPS) is 10.2. The van der Waals surface area contributed by atoms with E-state index < -0.39 is 5.97 Å². The van der Waals surface area contributed by atoms with Gasteiger partial charge >= 0.3 is 11.9 Å². The van der Waals surface area contributed by atoms with Crippen LogP contribution in [0.5, 0.6) is 0 Å². The van der Waals surface area contributed by atoms with Crippen molar-refractivity contribution in [2.24, 2.45) is 0 Å². The minimum atomic E-state index is -0.661. The Morgan fingerprint density at radius 1 is 0.593 bits per heavy atom. The fourth-order valence-corrected chi connectivity index (χ4v) is 2.92. The van der Waals surface area contributed by atoms with Crippen LogP contribution in [0, 0.1) is 0 Å². The summed E-state index contributed by atoms with van der Waals surface area (Å²) in [5.41, 5.74) is 0. The van der Waals surface area contributed by atoms with E-state index in [1.54, 1.807) is 0 Å². The lowest BCUT2D eigenvalue weighted by Gasteiger charge is -2.00. The molecule has 4 heteroatoms. The average molecular weight is 387 g/mol. The maximum absolute atomic E-state index is 10.8. The van der Waals surface area contributed by atoms with Gasteiger partial charge in [0.25, 0.3) is 0 Å². The Bertz CT molecular complexity index is 316. The summed E-state index contributed by atoms with van der Waals surface area (Å²) in [5.74, 6) is -0.734. The van der Waals surface area contributed by atoms with Gasteiger partial charge in [-0.25, -0.2) is 0 Å². The Hall–Kier alpha value is -1.06. The molecule has 0 aromatic carbocycles. The molecule has 0 heterocycles. The number of unbranched alkanes of at least 4 members (excludes halogenated alkanes) is 14. The molecule has 0 saturated carbocycles. The number of rotatable bonds is 18. The Morgan fingerprint density at radius 2 is 0.926 bits per heavy atom. The third-order valence-electron chi connectivity index (χ3n) is 4.71. The minimum Gasteiger partial charge on any atom is -0.481 e. The van der Waals surface area contributed by atoms with Crippen molar-refractivity contribution >= 4 is 11.9 Å². The van der Waals surface area contributed by atoms with E-state index in [2.05, 4.69) is 18.6 Å². The number of methoxy groups -OCH3 is 1. The molecule has 27 heavy (non-hydrogen) atoms. The first kappa shape index (κ1) is 28.2. The lowest BCUT2D eigenvalue weighted by Crippen LogP contribution is -1.99. The standard InChI is InChI=1S/C12H24O2.C11H22O2/c1-3-4-5-6-7-8-9-10-11-12(13)14-2;1-2-3-4-5-6-7-8-9-10-11(12)13/h3-11H2,1-2H3;2-10H2,1H3,(H,12,13). The van der Waals surface area contributed by atoms with Crippen molar-refractivity contribution in [3.63, 3.8) is 0 Å². The topological polar surface area (TPSA) is 63.6 Å². The zero-order chi connectivity index (χ0) is 20.6. The number of aliphatic carboxylic acids is 1. The molecular weight excluding hydrogens is 340 g/mol. The molecule has 4 nitrogen and oxygen atoms in total. The molecule has 0 atom stereocenters. The first-order valence-electron chi connectivity index (χ1n) is 11.4. The lowest BCUT2D eigenvalue weighted by atomic mass is 10.1. The van der Waals surface area contributed by atoms with Crippen LogP contribution >= 0.6 is 0 Å². The van der Waals surface area contributed by atoms with Crippen LogP contribution in [0.25, 0.3) is 0 Å². The summed E-state index contributed by atoms with van der Waals surface area (Å²) >= 11 is 0. The molecule has 0 aromatic heterocycles. The molecule has 0 saturated heterocycles. The van der Waals surface area contributed by atoms with Crippen molar-refractivity contribution in [1.82, 2.24) is 0 Å². The number of carbonyl (C=O) groups is 2. The Morgan fingerprint density at radius 3 is 1.26 bits per heavy atom. The summed E-state index contributed by atoms with van der Waals surface area (Å²) in [4.78, 5) is 20.9. The molecule has 0 rings (SSSR count). The predicted molar refractivity (Wildman–Crippen MR) is 114 cm³/mol. The second-order valence-corrected chi connectivity index (χ2v) is 7.42. The molecule has 0 fully saturated rings. The summed E-state index contributed by atoms with van der Waals surface area (Å²) in [6.45, 7) is 4.45. The van der Waals surface area contributed by atoms with Gasteiger partial charge in [0.1, 0.15) is 0 Å². The molecule has 1 N–H and O–H groups in total. The first-order valence-corrected chi connectivity index (χ1v) is 11.4. The van der Waals surface area contributed by atoms with E-state index in [1.807, 2.05) is 0 Å². The third kappa shape index (κ3) is 29.9. The van der Waals surface area contributed by atoms with Gasteiger partial charge in [-0.15, -0.1) is 0 Å². The van der Waals surface area contributed by atoms with Crippen molar-refractivity contribution < 1.29 is 19.4 Å². The average Bonchev–Trinajstić information content (AvgIpc) is 2.66. The van der Waals surface area contributed by atoms with Crippen molar-refractivity contribution in [3.8, 4) is 0 Å². The van der Waals surface area contributed by atoms with Gasteiger partial charge < -0.3 is 9.84 Å². The van der Waals surface area contributed by atoms with Crippen LogP contribution in [0.4, 0.5) is 0 Å². The number of ether oxygens (including phenoxy) is 1. The molecule has 0 amide bonds. The zero-order valence-corrected chi connectivity index (χ0v) is 18.4. The first-order chi connectivity index (χ1) is 13.1. The van der Waals surface area contributed by atoms with Crippen molar-refractivity contribution in [2.75, 3.05) is 7.11 Å². The van der Waals surface area contributed by atoms with E-state index in [0.29, 0.717) is 12.8 Å². The number of carboxylic acids is 1. The van der Waals surface area contributed by atoms with Crippen LogP contribution in [0.1, 0.15) is 129 Å². The summed E-state index contributed by atoms with van der Waals surface area (Å²) in [6.07, 6.45) is 20.8. The second-order valence-electron chi connectivity index (χ2n) is 7.42. The maximum Gasteiger partial charge on any atom is 0.305 e. The summed E-state index contributed by atoms with van der Waals surface area (Å²) in [7, 11) is 1.45. The Kier molecular flexibility index (Phi) is 26.0. The SMILES string of the molecule is CCCCCCCCCCC(=O)O.CCCCCCCCCCC(=O)OC. The number of hydrogen-bond donors (Lipinski definition) is 1. The highest BCUT2D eigenvalue weighted by Gasteiger charge is 1.98. The van der Waals surface area contributed by atoms with Gasteiger partial charge in [0.05, 0.1) is 7.11 Å². The van der Waals surface area contributed by atoms with Gasteiger partial charge in [0.15, 0.2) is 0 Å². The monoisotopic (exact) mass is 386 g/mol. The number of carbonyl (C=O) groups excluding carboxylic acids is 1. The van der Waals surface area contributed by atoms with E-state index in [1.165, 1.54) is 90.6 Å². The molecule has 0 aromatic rings. The van der Waals surface area contributed by atoms with E-state index in [4.69, 9.17) is 5.11 Å². The molecule has 0 aliphatic rings. The largest absolute Gasteiger partial charge is 0.481 e. The third-order valence-corrected chi connectivity index (χ3v) is 4.71. The highest BCUT2D eigenvalue weighted by Crippen LogP contribution is 2.10. The fraction of sp³-hybridized carbons (Fsp3) is 0.913. The summed E-state index contributed by atoms with van der Waals surface area (Å²) in [6, 6.07) is 0. The quantitative estimate of drug-likeness (QED) is 0.198. The fourth-order valence-electron chi connectivity index (χ4n) is 2.92. The number of hydrogen-bond acceptors (Lipinski definition) is 3.